The van der Waals surface area contributed by atoms with Crippen LogP contribution in [-0.4, -0.2) is 50.3 Å². The monoisotopic (exact) mass is 338 g/mol. The number of halogens is 1. The van der Waals surface area contributed by atoms with Crippen LogP contribution in [0.2, 0.25) is 0 Å². The van der Waals surface area contributed by atoms with E-state index in [1.807, 2.05) is 0 Å². The van der Waals surface area contributed by atoms with Crippen molar-refractivity contribution in [3.63, 3.8) is 0 Å². The number of nitrogens with zero attached hydrogens (tertiary/aromatic N) is 1. The third kappa shape index (κ3) is 4.40. The molecule has 1 aromatic heterocycles. The summed E-state index contributed by atoms with van der Waals surface area (Å²) in [6.07, 6.45) is 3.11. The number of ether oxygens (including phenoxy) is 1. The van der Waals surface area contributed by atoms with Crippen LogP contribution in [0.25, 0.3) is 0 Å². The second kappa shape index (κ2) is 7.74. The molecule has 0 aliphatic carbocycles. The quantitative estimate of drug-likeness (QED) is 0.631. The van der Waals surface area contributed by atoms with Crippen molar-refractivity contribution in [2.24, 2.45) is 0 Å². The molecule has 8 nitrogen and oxygen atoms in total. The summed E-state index contributed by atoms with van der Waals surface area (Å²) in [5.41, 5.74) is -0.0845. The average Bonchev–Trinajstić information content (AvgIpc) is 3.08. The van der Waals surface area contributed by atoms with E-state index in [-0.39, 0.29) is 42.2 Å². The average molecular weight is 339 g/mol. The van der Waals surface area contributed by atoms with Gasteiger partial charge in [0.25, 0.3) is 10.0 Å². The van der Waals surface area contributed by atoms with Crippen LogP contribution in [0.4, 0.5) is 0 Å². The van der Waals surface area contributed by atoms with E-state index in [9.17, 15) is 13.2 Å². The SMILES string of the molecule is CCOC(=O)c1cn[nH]c1S(=O)(=O)NCC1CCCN1.Cl. The van der Waals surface area contributed by atoms with Gasteiger partial charge in [0, 0.05) is 12.6 Å². The van der Waals surface area contributed by atoms with Gasteiger partial charge in [-0.05, 0) is 26.3 Å². The molecule has 10 heteroatoms. The summed E-state index contributed by atoms with van der Waals surface area (Å²) < 4.78 is 31.6. The van der Waals surface area contributed by atoms with Crippen LogP contribution in [0.1, 0.15) is 30.1 Å². The van der Waals surface area contributed by atoms with Crippen LogP contribution in [0.5, 0.6) is 0 Å². The van der Waals surface area contributed by atoms with Crippen LogP contribution < -0.4 is 10.0 Å². The van der Waals surface area contributed by atoms with Crippen molar-refractivity contribution in [2.75, 3.05) is 19.7 Å². The Kier molecular flexibility index (Phi) is 6.59. The molecule has 1 fully saturated rings. The van der Waals surface area contributed by atoms with Gasteiger partial charge in [-0.1, -0.05) is 0 Å². The van der Waals surface area contributed by atoms with Crippen molar-refractivity contribution >= 4 is 28.4 Å². The molecule has 1 aliphatic heterocycles. The van der Waals surface area contributed by atoms with Crippen LogP contribution in [0, 0.1) is 0 Å². The van der Waals surface area contributed by atoms with E-state index in [1.54, 1.807) is 6.92 Å². The molecule has 0 radical (unpaired) electrons. The number of H-pyrrole nitrogens is 1. The molecule has 0 amide bonds. The van der Waals surface area contributed by atoms with E-state index in [4.69, 9.17) is 4.74 Å². The van der Waals surface area contributed by atoms with Crippen molar-refractivity contribution in [3.8, 4) is 0 Å². The van der Waals surface area contributed by atoms with Crippen molar-refractivity contribution in [1.82, 2.24) is 20.2 Å². The van der Waals surface area contributed by atoms with Gasteiger partial charge in [-0.25, -0.2) is 17.9 Å². The first-order chi connectivity index (χ1) is 9.54. The third-order valence-corrected chi connectivity index (χ3v) is 4.45. The lowest BCUT2D eigenvalue weighted by atomic mass is 10.2. The Hall–Kier alpha value is -1.16. The van der Waals surface area contributed by atoms with Gasteiger partial charge in [0.2, 0.25) is 0 Å². The maximum absolute atomic E-state index is 12.2. The number of nitrogens with one attached hydrogen (secondary N) is 3. The molecule has 1 aliphatic rings. The number of rotatable bonds is 6. The standard InChI is InChI=1S/C11H18N4O4S.ClH/c1-2-19-11(16)9-7-13-15-10(9)20(17,18)14-6-8-4-3-5-12-8;/h7-8,12,14H,2-6H2,1H3,(H,13,15);1H. The number of esters is 1. The minimum Gasteiger partial charge on any atom is -0.462 e. The first-order valence-electron chi connectivity index (χ1n) is 6.48. The van der Waals surface area contributed by atoms with Gasteiger partial charge < -0.3 is 10.1 Å². The van der Waals surface area contributed by atoms with E-state index in [2.05, 4.69) is 20.2 Å². The fourth-order valence-electron chi connectivity index (χ4n) is 2.05. The molecule has 2 heterocycles. The fourth-order valence-corrected chi connectivity index (χ4v) is 3.21. The lowest BCUT2D eigenvalue weighted by molar-refractivity contribution is 0.0522. The van der Waals surface area contributed by atoms with Gasteiger partial charge in [-0.2, -0.15) is 5.10 Å². The number of sulfonamides is 1. The zero-order valence-electron chi connectivity index (χ0n) is 11.6. The molecule has 1 aromatic rings. The van der Waals surface area contributed by atoms with E-state index in [0.717, 1.165) is 25.6 Å². The normalized spacial score (nSPS) is 18.2. The lowest BCUT2D eigenvalue weighted by Gasteiger charge is -2.11. The maximum Gasteiger partial charge on any atom is 0.342 e. The van der Waals surface area contributed by atoms with Gasteiger partial charge in [-0.15, -0.1) is 12.4 Å². The summed E-state index contributed by atoms with van der Waals surface area (Å²) in [6.45, 7) is 2.99. The highest BCUT2D eigenvalue weighted by Crippen LogP contribution is 2.13. The Morgan fingerprint density at radius 2 is 2.33 bits per heavy atom. The van der Waals surface area contributed by atoms with Gasteiger partial charge in [-0.3, -0.25) is 5.10 Å². The third-order valence-electron chi connectivity index (χ3n) is 3.05. The molecular weight excluding hydrogens is 320 g/mol. The number of aromatic nitrogens is 2. The molecular formula is C11H19ClN4O4S. The predicted octanol–water partition coefficient (Wildman–Crippen LogP) is 0.0385. The molecule has 0 aromatic carbocycles. The highest BCUT2D eigenvalue weighted by molar-refractivity contribution is 7.89. The van der Waals surface area contributed by atoms with E-state index >= 15 is 0 Å². The Labute approximate surface area is 129 Å². The number of hydrogen-bond donors (Lipinski definition) is 3. The zero-order valence-corrected chi connectivity index (χ0v) is 13.2. The van der Waals surface area contributed by atoms with Gasteiger partial charge >= 0.3 is 5.97 Å². The van der Waals surface area contributed by atoms with Crippen LogP contribution in [0.15, 0.2) is 11.2 Å². The fraction of sp³-hybridized carbons (Fsp3) is 0.636. The number of carbonyl (C=O) groups is 1. The second-order valence-electron chi connectivity index (χ2n) is 4.48. The molecule has 21 heavy (non-hydrogen) atoms. The highest BCUT2D eigenvalue weighted by atomic mass is 35.5. The van der Waals surface area contributed by atoms with Crippen molar-refractivity contribution < 1.29 is 17.9 Å². The number of hydrogen-bond acceptors (Lipinski definition) is 6. The summed E-state index contributed by atoms with van der Waals surface area (Å²) in [7, 11) is -3.81. The first kappa shape index (κ1) is 17.9. The molecule has 120 valence electrons. The molecule has 1 saturated heterocycles. The van der Waals surface area contributed by atoms with Crippen LogP contribution in [-0.2, 0) is 14.8 Å². The molecule has 0 spiro atoms. The molecule has 1 unspecified atom stereocenters. The summed E-state index contributed by atoms with van der Waals surface area (Å²) in [5.74, 6) is -0.708. The molecule has 0 bridgehead atoms. The van der Waals surface area contributed by atoms with Crippen molar-refractivity contribution in [2.45, 2.75) is 30.8 Å². The summed E-state index contributed by atoms with van der Waals surface area (Å²) in [5, 5.41) is 8.88. The molecule has 2 rings (SSSR count). The van der Waals surface area contributed by atoms with E-state index < -0.39 is 16.0 Å². The Morgan fingerprint density at radius 1 is 1.57 bits per heavy atom. The second-order valence-corrected chi connectivity index (χ2v) is 6.18. The highest BCUT2D eigenvalue weighted by Gasteiger charge is 2.27. The minimum absolute atomic E-state index is 0. The summed E-state index contributed by atoms with van der Waals surface area (Å²) in [6, 6.07) is 0.124. The number of aromatic amines is 1. The number of carbonyl (C=O) groups excluding carboxylic acids is 1. The van der Waals surface area contributed by atoms with Crippen molar-refractivity contribution in [1.29, 1.82) is 0 Å². The summed E-state index contributed by atoms with van der Waals surface area (Å²) >= 11 is 0. The van der Waals surface area contributed by atoms with Crippen LogP contribution in [0.3, 0.4) is 0 Å². The molecule has 1 atom stereocenters. The van der Waals surface area contributed by atoms with Crippen molar-refractivity contribution in [3.05, 3.63) is 11.8 Å². The lowest BCUT2D eigenvalue weighted by Crippen LogP contribution is -2.37. The van der Waals surface area contributed by atoms with E-state index in [1.165, 1.54) is 0 Å². The summed E-state index contributed by atoms with van der Waals surface area (Å²) in [4.78, 5) is 11.6. The Morgan fingerprint density at radius 3 is 2.95 bits per heavy atom. The Balaban J connectivity index is 0.00000220. The Bertz CT molecular complexity index is 569. The smallest absolute Gasteiger partial charge is 0.342 e. The molecule has 3 N–H and O–H groups in total. The largest absolute Gasteiger partial charge is 0.462 e. The van der Waals surface area contributed by atoms with E-state index in [0.29, 0.717) is 0 Å². The first-order valence-corrected chi connectivity index (χ1v) is 7.96. The van der Waals surface area contributed by atoms with Gasteiger partial charge in [0.05, 0.1) is 12.8 Å². The maximum atomic E-state index is 12.2. The molecule has 0 saturated carbocycles. The predicted molar refractivity (Wildman–Crippen MR) is 78.0 cm³/mol. The van der Waals surface area contributed by atoms with Gasteiger partial charge in [0.1, 0.15) is 5.56 Å². The minimum atomic E-state index is -3.81. The zero-order chi connectivity index (χ0) is 14.6. The van der Waals surface area contributed by atoms with Gasteiger partial charge in [0.15, 0.2) is 5.03 Å². The van der Waals surface area contributed by atoms with Crippen LogP contribution >= 0.6 is 12.4 Å². The topological polar surface area (TPSA) is 113 Å².